The first-order chi connectivity index (χ1) is 7.47. The highest BCUT2D eigenvalue weighted by atomic mass is 19.2. The number of hydrogen-bond donors (Lipinski definition) is 1. The number of allylic oxidation sites excluding steroid dienone is 1. The lowest BCUT2D eigenvalue weighted by Gasteiger charge is -2.00. The Balaban J connectivity index is 4.02. The van der Waals surface area contributed by atoms with Crippen LogP contribution in [0.25, 0.3) is 0 Å². The molecule has 0 saturated carbocycles. The summed E-state index contributed by atoms with van der Waals surface area (Å²) in [4.78, 5) is 14.2. The molecule has 0 aromatic heterocycles. The van der Waals surface area contributed by atoms with Crippen molar-refractivity contribution in [2.75, 3.05) is 13.7 Å². The standard InChI is InChI=1S/C10H16F2N2O2/c1-7(13)14-6-9(12)8(11)4-3-5-10(15)16-2/h3-6H2,1-2H3,(H2,13,14)/b9-8-. The summed E-state index contributed by atoms with van der Waals surface area (Å²) < 4.78 is 30.4. The van der Waals surface area contributed by atoms with Gasteiger partial charge < -0.3 is 10.5 Å². The van der Waals surface area contributed by atoms with E-state index >= 15 is 0 Å². The summed E-state index contributed by atoms with van der Waals surface area (Å²) in [6, 6.07) is 0. The first-order valence-corrected chi connectivity index (χ1v) is 4.83. The van der Waals surface area contributed by atoms with E-state index in [2.05, 4.69) is 9.73 Å². The largest absolute Gasteiger partial charge is 0.469 e. The van der Waals surface area contributed by atoms with Gasteiger partial charge in [0.15, 0.2) is 5.83 Å². The number of methoxy groups -OCH3 is 1. The Morgan fingerprint density at radius 2 is 1.94 bits per heavy atom. The van der Waals surface area contributed by atoms with Gasteiger partial charge in [0.05, 0.1) is 19.5 Å². The second kappa shape index (κ2) is 7.78. The first kappa shape index (κ1) is 14.5. The van der Waals surface area contributed by atoms with Crippen LogP contribution in [0.1, 0.15) is 26.2 Å². The van der Waals surface area contributed by atoms with Crippen LogP contribution in [-0.4, -0.2) is 25.5 Å². The number of nitrogens with zero attached hydrogens (tertiary/aromatic N) is 1. The van der Waals surface area contributed by atoms with Crippen LogP contribution in [0.3, 0.4) is 0 Å². The maximum Gasteiger partial charge on any atom is 0.305 e. The van der Waals surface area contributed by atoms with E-state index in [0.29, 0.717) is 0 Å². The molecule has 6 heteroatoms. The molecule has 0 rings (SSSR count). The third kappa shape index (κ3) is 6.92. The fourth-order valence-electron chi connectivity index (χ4n) is 0.906. The average molecular weight is 234 g/mol. The normalized spacial score (nSPS) is 13.4. The lowest BCUT2D eigenvalue weighted by Crippen LogP contribution is -2.06. The maximum absolute atomic E-state index is 13.0. The summed E-state index contributed by atoms with van der Waals surface area (Å²) in [5.41, 5.74) is 5.18. The lowest BCUT2D eigenvalue weighted by molar-refractivity contribution is -0.140. The molecule has 0 saturated heterocycles. The highest BCUT2D eigenvalue weighted by Crippen LogP contribution is 2.15. The second-order valence-corrected chi connectivity index (χ2v) is 3.20. The zero-order chi connectivity index (χ0) is 12.6. The van der Waals surface area contributed by atoms with Crippen LogP contribution < -0.4 is 5.73 Å². The van der Waals surface area contributed by atoms with Gasteiger partial charge in [0, 0.05) is 12.8 Å². The van der Waals surface area contributed by atoms with Crippen molar-refractivity contribution in [3.05, 3.63) is 11.7 Å². The Bertz CT molecular complexity index is 297. The van der Waals surface area contributed by atoms with Crippen LogP contribution in [0.4, 0.5) is 8.78 Å². The van der Waals surface area contributed by atoms with Gasteiger partial charge in [-0.25, -0.2) is 8.78 Å². The third-order valence-electron chi connectivity index (χ3n) is 1.77. The van der Waals surface area contributed by atoms with Crippen molar-refractivity contribution in [2.24, 2.45) is 10.7 Å². The quantitative estimate of drug-likeness (QED) is 0.433. The Morgan fingerprint density at radius 3 is 2.44 bits per heavy atom. The average Bonchev–Trinajstić information content (AvgIpc) is 2.25. The summed E-state index contributed by atoms with van der Waals surface area (Å²) in [7, 11) is 1.24. The molecule has 0 heterocycles. The Hall–Kier alpha value is -1.46. The Morgan fingerprint density at radius 1 is 1.31 bits per heavy atom. The van der Waals surface area contributed by atoms with E-state index in [1.54, 1.807) is 0 Å². The molecule has 0 fully saturated rings. The number of nitrogens with two attached hydrogens (primary N) is 1. The van der Waals surface area contributed by atoms with Crippen LogP contribution in [0.15, 0.2) is 16.6 Å². The third-order valence-corrected chi connectivity index (χ3v) is 1.77. The fraction of sp³-hybridized carbons (Fsp3) is 0.600. The van der Waals surface area contributed by atoms with Crippen LogP contribution >= 0.6 is 0 Å². The van der Waals surface area contributed by atoms with E-state index in [9.17, 15) is 13.6 Å². The molecule has 0 unspecified atom stereocenters. The van der Waals surface area contributed by atoms with Crippen LogP contribution in [0.2, 0.25) is 0 Å². The first-order valence-electron chi connectivity index (χ1n) is 4.83. The molecule has 0 aliphatic carbocycles. The van der Waals surface area contributed by atoms with Gasteiger partial charge in [-0.05, 0) is 13.3 Å². The predicted octanol–water partition coefficient (Wildman–Crippen LogP) is 1.86. The van der Waals surface area contributed by atoms with Gasteiger partial charge in [-0.15, -0.1) is 0 Å². The monoisotopic (exact) mass is 234 g/mol. The molecule has 0 aliphatic heterocycles. The number of ether oxygens (including phenoxy) is 1. The SMILES string of the molecule is COC(=O)CCC/C(F)=C(/F)CN=C(C)N. The summed E-state index contributed by atoms with van der Waals surface area (Å²) in [5.74, 6) is -2.09. The van der Waals surface area contributed by atoms with Crippen molar-refractivity contribution in [1.29, 1.82) is 0 Å². The van der Waals surface area contributed by atoms with Gasteiger partial charge in [-0.3, -0.25) is 9.79 Å². The molecular formula is C10H16F2N2O2. The molecule has 0 aromatic carbocycles. The molecular weight excluding hydrogens is 218 g/mol. The smallest absolute Gasteiger partial charge is 0.305 e. The summed E-state index contributed by atoms with van der Waals surface area (Å²) >= 11 is 0. The summed E-state index contributed by atoms with van der Waals surface area (Å²) in [5, 5.41) is 0. The molecule has 16 heavy (non-hydrogen) atoms. The molecule has 0 amide bonds. The highest BCUT2D eigenvalue weighted by molar-refractivity contribution is 5.77. The zero-order valence-corrected chi connectivity index (χ0v) is 9.43. The van der Waals surface area contributed by atoms with Gasteiger partial charge in [0.25, 0.3) is 0 Å². The van der Waals surface area contributed by atoms with Gasteiger partial charge in [-0.2, -0.15) is 0 Å². The summed E-state index contributed by atoms with van der Waals surface area (Å²) in [6.45, 7) is 1.09. The number of carbonyl (C=O) groups excluding carboxylic acids is 1. The molecule has 0 radical (unpaired) electrons. The van der Waals surface area contributed by atoms with E-state index in [1.807, 2.05) is 0 Å². The van der Waals surface area contributed by atoms with Crippen LogP contribution in [-0.2, 0) is 9.53 Å². The number of esters is 1. The van der Waals surface area contributed by atoms with Crippen molar-refractivity contribution in [1.82, 2.24) is 0 Å². The molecule has 0 aromatic rings. The number of hydrogen-bond acceptors (Lipinski definition) is 3. The van der Waals surface area contributed by atoms with Gasteiger partial charge in [-0.1, -0.05) is 0 Å². The molecule has 0 spiro atoms. The zero-order valence-electron chi connectivity index (χ0n) is 9.43. The summed E-state index contributed by atoms with van der Waals surface area (Å²) in [6.07, 6.45) is 0.133. The lowest BCUT2D eigenvalue weighted by atomic mass is 10.2. The van der Waals surface area contributed by atoms with E-state index < -0.39 is 24.2 Å². The number of aliphatic imine (C=N–C) groups is 1. The number of rotatable bonds is 6. The molecule has 2 N–H and O–H groups in total. The van der Waals surface area contributed by atoms with E-state index in [4.69, 9.17) is 5.73 Å². The minimum atomic E-state index is -0.949. The van der Waals surface area contributed by atoms with Crippen molar-refractivity contribution < 1.29 is 18.3 Å². The maximum atomic E-state index is 13.0. The number of carbonyl (C=O) groups is 1. The second-order valence-electron chi connectivity index (χ2n) is 3.20. The molecule has 0 atom stereocenters. The minimum absolute atomic E-state index is 0.0659. The van der Waals surface area contributed by atoms with Crippen molar-refractivity contribution >= 4 is 11.8 Å². The van der Waals surface area contributed by atoms with E-state index in [1.165, 1.54) is 14.0 Å². The Kier molecular flexibility index (Phi) is 7.07. The van der Waals surface area contributed by atoms with Gasteiger partial charge >= 0.3 is 5.97 Å². The van der Waals surface area contributed by atoms with Crippen LogP contribution in [0, 0.1) is 0 Å². The van der Waals surface area contributed by atoms with E-state index in [-0.39, 0.29) is 25.1 Å². The topological polar surface area (TPSA) is 64.7 Å². The predicted molar refractivity (Wildman–Crippen MR) is 57.3 cm³/mol. The minimum Gasteiger partial charge on any atom is -0.469 e. The molecule has 92 valence electrons. The van der Waals surface area contributed by atoms with Gasteiger partial charge in [0.1, 0.15) is 5.83 Å². The fourth-order valence-corrected chi connectivity index (χ4v) is 0.906. The van der Waals surface area contributed by atoms with Crippen molar-refractivity contribution in [2.45, 2.75) is 26.2 Å². The van der Waals surface area contributed by atoms with Crippen LogP contribution in [0.5, 0.6) is 0 Å². The molecule has 0 bridgehead atoms. The molecule has 4 nitrogen and oxygen atoms in total. The van der Waals surface area contributed by atoms with Crippen molar-refractivity contribution in [3.8, 4) is 0 Å². The van der Waals surface area contributed by atoms with E-state index in [0.717, 1.165) is 0 Å². The van der Waals surface area contributed by atoms with Gasteiger partial charge in [0.2, 0.25) is 0 Å². The molecule has 0 aliphatic rings. The number of halogens is 2. The van der Waals surface area contributed by atoms with Crippen molar-refractivity contribution in [3.63, 3.8) is 0 Å². The Labute approximate surface area is 93.2 Å². The highest BCUT2D eigenvalue weighted by Gasteiger charge is 2.07. The number of amidine groups is 1.